The van der Waals surface area contributed by atoms with Crippen LogP contribution in [0.1, 0.15) is 105 Å². The summed E-state index contributed by atoms with van der Waals surface area (Å²) >= 11 is 20.5. The van der Waals surface area contributed by atoms with Gasteiger partial charge in [0.15, 0.2) is 11.8 Å². The number of hydrazine groups is 1. The monoisotopic (exact) mass is 1610 g/mol. The highest BCUT2D eigenvalue weighted by molar-refractivity contribution is 7.89. The van der Waals surface area contributed by atoms with Gasteiger partial charge in [0, 0.05) is 32.6 Å². The van der Waals surface area contributed by atoms with Gasteiger partial charge in [-0.05, 0) is 187 Å². The van der Waals surface area contributed by atoms with E-state index in [0.717, 1.165) is 11.1 Å². The number of aryl methyl sites for hydroxylation is 2. The lowest BCUT2D eigenvalue weighted by Crippen LogP contribution is -2.21. The highest BCUT2D eigenvalue weighted by Gasteiger charge is 2.14. The van der Waals surface area contributed by atoms with Gasteiger partial charge in [0.25, 0.3) is 5.91 Å². The number of halogens is 8. The Morgan fingerprint density at radius 1 is 0.569 bits per heavy atom. The Morgan fingerprint density at radius 3 is 1.19 bits per heavy atom. The number of amides is 1. The number of nitrogens with two attached hydrogens (primary N) is 5. The number of benzene rings is 5. The van der Waals surface area contributed by atoms with E-state index >= 15 is 0 Å². The summed E-state index contributed by atoms with van der Waals surface area (Å²) in [5.74, 6) is 7.38. The van der Waals surface area contributed by atoms with Gasteiger partial charge >= 0.3 is 0 Å². The smallest absolute Gasteiger partial charge is 0.263 e. The first-order valence-corrected chi connectivity index (χ1v) is 37.5. The molecule has 0 aliphatic rings. The average Bonchev–Trinajstić information content (AvgIpc) is 1.75. The zero-order chi connectivity index (χ0) is 76.6. The van der Waals surface area contributed by atoms with Crippen LogP contribution >= 0.6 is 71.2 Å². The molecule has 2 heterocycles. The van der Waals surface area contributed by atoms with Crippen LogP contribution < -0.4 is 37.7 Å². The van der Waals surface area contributed by atoms with Crippen LogP contribution in [0.4, 0.5) is 14.5 Å². The van der Waals surface area contributed by atoms with Gasteiger partial charge in [0.2, 0.25) is 35.3 Å². The van der Waals surface area contributed by atoms with Gasteiger partial charge < -0.3 is 37.2 Å². The van der Waals surface area contributed by atoms with E-state index in [0.29, 0.717) is 79.1 Å². The standard InChI is InChI=1S/C17H18FN5O2S.C10H11ClN4O2S.C7H8FN.C6H10ClNO2.C6H9N3O2S.2C6H15N.C4H9NO.C2H2Cl2O.2ClH.H/c1-12-21-17(11-20-10-13-2-4-14(18)5-3-13)23(22-12)15-6-8-16(9-7-15)26(19,24)25;1-7-13-10(6-11)15(14-7)8-2-4-9(5-3-8)18(12,16)17;8-7-3-1-6(5-9)2-4-7;1-3-10-5(2)8-6(9)4-7;7-9-5-1-3-6(4-2-5)12(8,10)11;2*1-4-7(5-2)6-3;1-3-6-4(2)5;3-1-2(4)5;;;/h2-9,20H,10-11H2,1H3,(H2,19,24,25);2-5H,6H2,1H3,(H2,12,16,17);1-4H,5,9H2;3-4H2,1-2H3;1-4,9H,7H2,(H2,8,10,11);2*4-6H2,1-3H3;5H,3H2,1-2H3;1H2;2*1H;/q;;;;;;;;;;;-1. The molecule has 0 aliphatic carbocycles. The third-order valence-corrected chi connectivity index (χ3v) is 16.2. The third kappa shape index (κ3) is 46.3. The molecule has 0 aliphatic heterocycles. The first-order valence-electron chi connectivity index (χ1n) is 30.9. The van der Waals surface area contributed by atoms with Crippen LogP contribution in [-0.2, 0) is 74.6 Å². The molecule has 0 radical (unpaired) electrons. The molecule has 2 aromatic heterocycles. The summed E-state index contributed by atoms with van der Waals surface area (Å²) in [6.07, 6.45) is 0. The highest BCUT2D eigenvalue weighted by Crippen LogP contribution is 2.17. The number of hydrogen-bond acceptors (Lipinski definition) is 21. The second-order valence-corrected chi connectivity index (χ2v) is 25.7. The fourth-order valence-corrected chi connectivity index (χ4v) is 9.15. The Balaban J connectivity index is -0.000000369. The van der Waals surface area contributed by atoms with Crippen LogP contribution in [-0.4, -0.2) is 152 Å². The van der Waals surface area contributed by atoms with E-state index in [4.69, 9.17) is 83.5 Å². The molecule has 0 bridgehead atoms. The predicted octanol–water partition coefficient (Wildman–Crippen LogP) is 10.4. The molecular weight excluding hydrogens is 1510 g/mol. The van der Waals surface area contributed by atoms with Crippen molar-refractivity contribution in [1.29, 1.82) is 5.41 Å². The number of hydrogen-bond donors (Lipinski definition) is 8. The normalized spacial score (nSPS) is 10.5. The molecule has 576 valence electrons. The number of aliphatic imine (C=N–C) groups is 1. The third-order valence-electron chi connectivity index (χ3n) is 12.4. The molecule has 7 aromatic rings. The quantitative estimate of drug-likeness (QED) is 0.00780. The van der Waals surface area contributed by atoms with Gasteiger partial charge in [-0.1, -0.05) is 65.8 Å². The minimum Gasteiger partial charge on any atom is -1.00 e. The largest absolute Gasteiger partial charge is 1.00 e. The fourth-order valence-electron chi connectivity index (χ4n) is 7.37. The predicted molar refractivity (Wildman–Crippen MR) is 411 cm³/mol. The van der Waals surface area contributed by atoms with Gasteiger partial charge in [-0.15, -0.1) is 59.6 Å². The van der Waals surface area contributed by atoms with Crippen molar-refractivity contribution in [2.45, 2.75) is 123 Å². The molecule has 13 N–H and O–H groups in total. The summed E-state index contributed by atoms with van der Waals surface area (Å²) < 4.78 is 104. The van der Waals surface area contributed by atoms with Crippen LogP contribution in [0.15, 0.2) is 141 Å². The van der Waals surface area contributed by atoms with Crippen LogP contribution in [0.3, 0.4) is 0 Å². The van der Waals surface area contributed by atoms with Crippen molar-refractivity contribution >= 4 is 130 Å². The van der Waals surface area contributed by atoms with Crippen LogP contribution in [0.5, 0.6) is 0 Å². The molecule has 7 rings (SSSR count). The summed E-state index contributed by atoms with van der Waals surface area (Å²) in [7, 11) is -11.0. The molecule has 102 heavy (non-hydrogen) atoms. The fraction of sp³-hybridized carbons (Fsp3) is 0.406. The highest BCUT2D eigenvalue weighted by atomic mass is 35.5. The summed E-state index contributed by atoms with van der Waals surface area (Å²) in [6, 6.07) is 30.4. The number of sulfonamides is 3. The van der Waals surface area contributed by atoms with Gasteiger partial charge in [-0.3, -0.25) is 20.8 Å². The number of nitrogens with zero attached hydrogens (tertiary/aromatic N) is 9. The van der Waals surface area contributed by atoms with E-state index in [-0.39, 0.29) is 82.0 Å². The van der Waals surface area contributed by atoms with E-state index in [1.807, 2.05) is 13.8 Å². The molecule has 27 nitrogen and oxygen atoms in total. The van der Waals surface area contributed by atoms with Crippen LogP contribution in [0.25, 0.3) is 11.4 Å². The molecule has 38 heteroatoms. The number of alkyl halides is 3. The Kier molecular flexibility index (Phi) is 56.9. The molecule has 0 fully saturated rings. The molecule has 0 spiro atoms. The maximum Gasteiger partial charge on any atom is 0.263 e. The van der Waals surface area contributed by atoms with Gasteiger partial charge in [-0.2, -0.15) is 15.2 Å². The maximum absolute atomic E-state index is 12.9. The lowest BCUT2D eigenvalue weighted by Gasteiger charge is -2.13. The summed E-state index contributed by atoms with van der Waals surface area (Å²) in [5.41, 5.74) is 11.5. The topological polar surface area (TPSA) is 413 Å². The lowest BCUT2D eigenvalue weighted by atomic mass is 10.2. The molecular formula is C64H100Cl6F2N17O10S3-. The first-order chi connectivity index (χ1) is 47.0. The molecule has 0 saturated carbocycles. The number of carbonyl (C=O) groups excluding carboxylic acids is 2. The Labute approximate surface area is 633 Å². The summed E-state index contributed by atoms with van der Waals surface area (Å²) in [5, 5.41) is 32.9. The molecule has 1 amide bonds. The van der Waals surface area contributed by atoms with Gasteiger partial charge in [-0.25, -0.2) is 68.8 Å². The Bertz CT molecular complexity index is 3800. The second kappa shape index (κ2) is 57.0. The summed E-state index contributed by atoms with van der Waals surface area (Å²) in [4.78, 5) is 36.9. The average molecular weight is 1610 g/mol. The number of rotatable bonds is 22. The molecule has 0 unspecified atom stereocenters. The van der Waals surface area contributed by atoms with Gasteiger partial charge in [0.1, 0.15) is 40.8 Å². The summed E-state index contributed by atoms with van der Waals surface area (Å²) in [6.45, 7) is 33.3. The van der Waals surface area contributed by atoms with Crippen LogP contribution in [0, 0.1) is 30.9 Å². The van der Waals surface area contributed by atoms with Gasteiger partial charge in [0.05, 0.1) is 57.6 Å². The number of carbonyl (C=O) groups is 2. The number of anilines is 1. The SMILES string of the molecule is CCN(CC)CC.CCN(CC)CC.CCOC(C)=N.CCOC(C)=NC(=O)CCl.Cc1nc(CCl)n(-c2ccc(S(N)(=O)=O)cc2)n1.Cc1nc(CNCc2ccc(F)cc2)n(-c2ccc(S(N)(=O)=O)cc2)n1.Cl.Cl.NCc1ccc(F)cc1.NNc1ccc(S(N)(=O)=O)cc1.O=C(Cl)CCl.[H-]. The second-order valence-electron chi connectivity index (χ2n) is 19.8. The van der Waals surface area contributed by atoms with E-state index < -0.39 is 35.3 Å². The van der Waals surface area contributed by atoms with Crippen molar-refractivity contribution in [3.05, 3.63) is 167 Å². The van der Waals surface area contributed by atoms with Crippen molar-refractivity contribution in [3.63, 3.8) is 0 Å². The van der Waals surface area contributed by atoms with Crippen molar-refractivity contribution in [1.82, 2.24) is 44.6 Å². The number of nitrogen functional groups attached to an aromatic ring is 1. The Morgan fingerprint density at radius 2 is 0.912 bits per heavy atom. The molecule has 0 saturated heterocycles. The van der Waals surface area contributed by atoms with Crippen molar-refractivity contribution in [2.75, 3.05) is 69.7 Å². The van der Waals surface area contributed by atoms with E-state index in [1.165, 1.54) is 112 Å². The Hall–Kier alpha value is -6.41. The van der Waals surface area contributed by atoms with Crippen molar-refractivity contribution < 1.29 is 54.5 Å². The van der Waals surface area contributed by atoms with Crippen molar-refractivity contribution in [2.24, 2.45) is 32.0 Å². The minimum atomic E-state index is -3.74. The minimum absolute atomic E-state index is 0. The first kappa shape index (κ1) is 102. The number of aromatic nitrogens is 6. The number of primary sulfonamides is 3. The van der Waals surface area contributed by atoms with E-state index in [1.54, 1.807) is 85.6 Å². The maximum atomic E-state index is 12.9. The zero-order valence-electron chi connectivity index (χ0n) is 60.2. The van der Waals surface area contributed by atoms with E-state index in [2.05, 4.69) is 92.0 Å². The molecule has 0 atom stereocenters. The number of nitrogens with one attached hydrogen (secondary N) is 3. The zero-order valence-corrected chi connectivity index (χ0v) is 66.4. The number of ether oxygens (including phenoxy) is 2. The van der Waals surface area contributed by atoms with Crippen LogP contribution in [0.2, 0.25) is 0 Å². The molecule has 5 aromatic carbocycles. The van der Waals surface area contributed by atoms with Crippen molar-refractivity contribution in [3.8, 4) is 11.4 Å². The lowest BCUT2D eigenvalue weighted by molar-refractivity contribution is -0.115. The van der Waals surface area contributed by atoms with E-state index in [9.17, 15) is 43.6 Å².